The number of aryl methyl sites for hydroxylation is 1. The van der Waals surface area contributed by atoms with Gasteiger partial charge >= 0.3 is 0 Å². The van der Waals surface area contributed by atoms with Crippen LogP contribution in [0.25, 0.3) is 0 Å². The van der Waals surface area contributed by atoms with E-state index in [0.29, 0.717) is 37.6 Å². The van der Waals surface area contributed by atoms with Crippen LogP contribution in [0.1, 0.15) is 15.2 Å². The fraction of sp³-hybridized carbons (Fsp3) is 0.261. The second-order valence-electron chi connectivity index (χ2n) is 7.53. The maximum Gasteiger partial charge on any atom is 0.267 e. The molecule has 0 atom stereocenters. The molecule has 2 aromatic carbocycles. The average molecular weight is 472 g/mol. The first-order valence-electron chi connectivity index (χ1n) is 10.2. The summed E-state index contributed by atoms with van der Waals surface area (Å²) in [4.78, 5) is 15.2. The molecule has 7 nitrogen and oxygen atoms in total. The monoisotopic (exact) mass is 471 g/mol. The molecule has 1 saturated heterocycles. The molecule has 1 aliphatic heterocycles. The molecule has 1 N–H and O–H groups in total. The first-order chi connectivity index (χ1) is 15.4. The van der Waals surface area contributed by atoms with E-state index in [-0.39, 0.29) is 9.77 Å². The predicted molar refractivity (Wildman–Crippen MR) is 127 cm³/mol. The number of nitrogens with one attached hydrogen (secondary N) is 1. The third kappa shape index (κ3) is 4.64. The molecule has 0 spiro atoms. The average Bonchev–Trinajstić information content (AvgIpc) is 3.31. The minimum Gasteiger partial charge on any atom is -0.497 e. The maximum atomic E-state index is 13.3. The van der Waals surface area contributed by atoms with E-state index in [1.807, 2.05) is 25.1 Å². The molecule has 0 bridgehead atoms. The van der Waals surface area contributed by atoms with Crippen LogP contribution in [0.5, 0.6) is 5.75 Å². The molecule has 0 aliphatic carbocycles. The first-order valence-corrected chi connectivity index (χ1v) is 12.5. The van der Waals surface area contributed by atoms with Crippen LogP contribution in [0.2, 0.25) is 0 Å². The summed E-state index contributed by atoms with van der Waals surface area (Å²) in [6.07, 6.45) is 0. The van der Waals surface area contributed by atoms with Crippen molar-refractivity contribution in [3.63, 3.8) is 0 Å². The van der Waals surface area contributed by atoms with Gasteiger partial charge in [0.25, 0.3) is 5.91 Å². The van der Waals surface area contributed by atoms with E-state index in [9.17, 15) is 13.2 Å². The fourth-order valence-corrected chi connectivity index (χ4v) is 6.40. The van der Waals surface area contributed by atoms with Crippen LogP contribution in [-0.4, -0.2) is 51.9 Å². The van der Waals surface area contributed by atoms with E-state index in [0.717, 1.165) is 17.0 Å². The Kier molecular flexibility index (Phi) is 6.50. The normalized spacial score (nSPS) is 14.9. The van der Waals surface area contributed by atoms with Gasteiger partial charge in [0, 0.05) is 37.6 Å². The van der Waals surface area contributed by atoms with E-state index in [4.69, 9.17) is 4.74 Å². The second-order valence-corrected chi connectivity index (χ2v) is 10.3. The highest BCUT2D eigenvalue weighted by Crippen LogP contribution is 2.28. The summed E-state index contributed by atoms with van der Waals surface area (Å²) >= 11 is 1.12. The molecule has 0 saturated carbocycles. The number of hydrogen-bond donors (Lipinski definition) is 1. The Morgan fingerprint density at radius 2 is 1.75 bits per heavy atom. The number of carbonyl (C=O) groups is 1. The molecule has 1 aromatic heterocycles. The van der Waals surface area contributed by atoms with E-state index in [1.165, 1.54) is 15.9 Å². The number of methoxy groups -OCH3 is 1. The van der Waals surface area contributed by atoms with E-state index >= 15 is 0 Å². The lowest BCUT2D eigenvalue weighted by molar-refractivity contribution is 0.102. The van der Waals surface area contributed by atoms with Gasteiger partial charge in [-0.15, -0.1) is 11.3 Å². The lowest BCUT2D eigenvalue weighted by atomic mass is 10.2. The number of benzene rings is 2. The number of hydrogen-bond acceptors (Lipinski definition) is 6. The van der Waals surface area contributed by atoms with Crippen molar-refractivity contribution in [1.82, 2.24) is 4.31 Å². The molecule has 32 heavy (non-hydrogen) atoms. The molecule has 3 aromatic rings. The van der Waals surface area contributed by atoms with E-state index < -0.39 is 15.9 Å². The number of ether oxygens (including phenoxy) is 1. The van der Waals surface area contributed by atoms with Gasteiger partial charge < -0.3 is 15.0 Å². The fourth-order valence-electron chi connectivity index (χ4n) is 3.68. The molecule has 168 valence electrons. The zero-order valence-corrected chi connectivity index (χ0v) is 19.6. The number of carbonyl (C=O) groups excluding carboxylic acids is 1. The van der Waals surface area contributed by atoms with Crippen LogP contribution in [0, 0.1) is 6.92 Å². The van der Waals surface area contributed by atoms with Gasteiger partial charge in [-0.1, -0.05) is 12.1 Å². The zero-order chi connectivity index (χ0) is 22.7. The van der Waals surface area contributed by atoms with E-state index in [2.05, 4.69) is 16.3 Å². The van der Waals surface area contributed by atoms with Gasteiger partial charge in [0.2, 0.25) is 10.0 Å². The van der Waals surface area contributed by atoms with Crippen LogP contribution in [-0.2, 0) is 10.0 Å². The van der Waals surface area contributed by atoms with Gasteiger partial charge in [-0.05, 0) is 60.3 Å². The van der Waals surface area contributed by atoms with Gasteiger partial charge in [0.1, 0.15) is 15.5 Å². The van der Waals surface area contributed by atoms with Crippen molar-refractivity contribution >= 4 is 38.6 Å². The SMILES string of the molecule is COc1ccc(NC(=O)c2sccc2S(=O)(=O)N2CCN(c3cccc(C)c3)CC2)cc1. The summed E-state index contributed by atoms with van der Waals surface area (Å²) in [7, 11) is -2.21. The quantitative estimate of drug-likeness (QED) is 0.591. The van der Waals surface area contributed by atoms with Crippen molar-refractivity contribution < 1.29 is 17.9 Å². The third-order valence-electron chi connectivity index (χ3n) is 5.41. The van der Waals surface area contributed by atoms with Crippen LogP contribution in [0.3, 0.4) is 0 Å². The van der Waals surface area contributed by atoms with Crippen molar-refractivity contribution in [2.75, 3.05) is 43.5 Å². The Bertz CT molecular complexity index is 1200. The first kappa shape index (κ1) is 22.3. The molecule has 0 unspecified atom stereocenters. The van der Waals surface area contributed by atoms with Crippen LogP contribution in [0.4, 0.5) is 11.4 Å². The van der Waals surface area contributed by atoms with Crippen molar-refractivity contribution in [2.24, 2.45) is 0 Å². The number of anilines is 2. The highest BCUT2D eigenvalue weighted by atomic mass is 32.2. The summed E-state index contributed by atoms with van der Waals surface area (Å²) in [6.45, 7) is 3.97. The summed E-state index contributed by atoms with van der Waals surface area (Å²) < 4.78 is 33.2. The van der Waals surface area contributed by atoms with Gasteiger partial charge in [-0.3, -0.25) is 4.79 Å². The number of rotatable bonds is 6. The number of amides is 1. The lowest BCUT2D eigenvalue weighted by Crippen LogP contribution is -2.48. The second kappa shape index (κ2) is 9.32. The molecule has 9 heteroatoms. The van der Waals surface area contributed by atoms with Crippen molar-refractivity contribution in [3.8, 4) is 5.75 Å². The van der Waals surface area contributed by atoms with Crippen molar-refractivity contribution in [1.29, 1.82) is 0 Å². The molecule has 1 aliphatic rings. The Morgan fingerprint density at radius 1 is 1.03 bits per heavy atom. The van der Waals surface area contributed by atoms with Crippen molar-refractivity contribution in [3.05, 3.63) is 70.4 Å². The Hall–Kier alpha value is -2.88. The van der Waals surface area contributed by atoms with Crippen LogP contribution in [0.15, 0.2) is 64.9 Å². The van der Waals surface area contributed by atoms with Crippen LogP contribution >= 0.6 is 11.3 Å². The Balaban J connectivity index is 1.47. The summed E-state index contributed by atoms with van der Waals surface area (Å²) in [5, 5.41) is 4.41. The number of nitrogens with zero attached hydrogens (tertiary/aromatic N) is 2. The zero-order valence-electron chi connectivity index (χ0n) is 17.9. The Morgan fingerprint density at radius 3 is 2.41 bits per heavy atom. The van der Waals surface area contributed by atoms with Gasteiger partial charge in [-0.2, -0.15) is 4.31 Å². The van der Waals surface area contributed by atoms with Gasteiger partial charge in [0.15, 0.2) is 0 Å². The minimum absolute atomic E-state index is 0.0533. The largest absolute Gasteiger partial charge is 0.497 e. The summed E-state index contributed by atoms with van der Waals surface area (Å²) in [6, 6.07) is 16.6. The third-order valence-corrected chi connectivity index (χ3v) is 8.39. The highest BCUT2D eigenvalue weighted by Gasteiger charge is 2.32. The smallest absolute Gasteiger partial charge is 0.267 e. The molecule has 2 heterocycles. The number of piperazine rings is 1. The molecular formula is C23H25N3O4S2. The molecule has 0 radical (unpaired) electrons. The van der Waals surface area contributed by atoms with Crippen molar-refractivity contribution in [2.45, 2.75) is 11.8 Å². The topological polar surface area (TPSA) is 78.9 Å². The molecule has 1 fully saturated rings. The molecular weight excluding hydrogens is 446 g/mol. The molecule has 1 amide bonds. The van der Waals surface area contributed by atoms with Gasteiger partial charge in [0.05, 0.1) is 7.11 Å². The number of sulfonamides is 1. The Labute approximate surface area is 192 Å². The maximum absolute atomic E-state index is 13.3. The summed E-state index contributed by atoms with van der Waals surface area (Å²) in [5.41, 5.74) is 2.83. The highest BCUT2D eigenvalue weighted by molar-refractivity contribution is 7.89. The van der Waals surface area contributed by atoms with Gasteiger partial charge in [-0.25, -0.2) is 8.42 Å². The van der Waals surface area contributed by atoms with E-state index in [1.54, 1.807) is 36.8 Å². The predicted octanol–water partition coefficient (Wildman–Crippen LogP) is 3.83. The number of thiophene rings is 1. The standard InChI is InChI=1S/C23H25N3O4S2/c1-17-4-3-5-19(16-17)25-11-13-26(14-12-25)32(28,29)21-10-15-31-22(21)23(27)24-18-6-8-20(30-2)9-7-18/h3-10,15-16H,11-14H2,1-2H3,(H,24,27). The lowest BCUT2D eigenvalue weighted by Gasteiger charge is -2.35. The minimum atomic E-state index is -3.77. The summed E-state index contributed by atoms with van der Waals surface area (Å²) in [5.74, 6) is 0.231. The molecule has 4 rings (SSSR count). The van der Waals surface area contributed by atoms with Crippen LogP contribution < -0.4 is 15.0 Å².